The van der Waals surface area contributed by atoms with E-state index in [1.807, 2.05) is 19.1 Å². The highest BCUT2D eigenvalue weighted by Crippen LogP contribution is 2.29. The first kappa shape index (κ1) is 17.3. The van der Waals surface area contributed by atoms with Gasteiger partial charge in [0.15, 0.2) is 6.10 Å². The van der Waals surface area contributed by atoms with E-state index in [1.165, 1.54) is 4.90 Å². The summed E-state index contributed by atoms with van der Waals surface area (Å²) in [5.41, 5.74) is 2.53. The number of aryl methyl sites for hydroxylation is 1. The number of hydrogen-bond donors (Lipinski definition) is 1. The summed E-state index contributed by atoms with van der Waals surface area (Å²) in [4.78, 5) is 36.7. The van der Waals surface area contributed by atoms with Crippen LogP contribution in [0.15, 0.2) is 18.2 Å². The van der Waals surface area contributed by atoms with Gasteiger partial charge in [-0.1, -0.05) is 6.92 Å². The minimum atomic E-state index is -0.466. The number of amides is 2. The Balaban J connectivity index is 1.66. The topological polar surface area (TPSA) is 84.9 Å². The lowest BCUT2D eigenvalue weighted by atomic mass is 10.1. The van der Waals surface area contributed by atoms with Crippen LogP contribution in [-0.4, -0.2) is 37.2 Å². The molecule has 25 heavy (non-hydrogen) atoms. The Bertz CT molecular complexity index is 688. The number of hydrogen-bond acceptors (Lipinski definition) is 5. The van der Waals surface area contributed by atoms with Crippen LogP contribution in [0.1, 0.15) is 38.2 Å². The predicted molar refractivity (Wildman–Crippen MR) is 91.5 cm³/mol. The fourth-order valence-electron chi connectivity index (χ4n) is 3.01. The minimum Gasteiger partial charge on any atom is -0.462 e. The number of anilines is 2. The molecule has 0 spiro atoms. The van der Waals surface area contributed by atoms with E-state index in [1.54, 1.807) is 6.07 Å². The van der Waals surface area contributed by atoms with Gasteiger partial charge in [-0.25, -0.2) is 4.79 Å². The highest BCUT2D eigenvalue weighted by atomic mass is 16.6. The molecule has 0 aliphatic carbocycles. The molecule has 2 heterocycles. The zero-order chi connectivity index (χ0) is 17.8. The molecule has 7 heteroatoms. The van der Waals surface area contributed by atoms with Crippen LogP contribution in [0.2, 0.25) is 0 Å². The summed E-state index contributed by atoms with van der Waals surface area (Å²) in [5.74, 6) is -0.265. The standard InChI is InChI=1S/C18H22N2O5/c1-2-4-17(22)24-11-14-10-20(18(23)25-14)13-7-8-15-12(9-13)5-3-6-16(21)19-15/h7-9,14H,2-6,10-11H2,1H3,(H,19,21)/t14-/m1/s1. The largest absolute Gasteiger partial charge is 0.462 e. The van der Waals surface area contributed by atoms with Gasteiger partial charge in [0.25, 0.3) is 0 Å². The molecule has 1 aromatic rings. The Morgan fingerprint density at radius 3 is 3.00 bits per heavy atom. The molecule has 1 aromatic carbocycles. The van der Waals surface area contributed by atoms with Crippen LogP contribution in [0.5, 0.6) is 0 Å². The van der Waals surface area contributed by atoms with Crippen LogP contribution in [0.25, 0.3) is 0 Å². The molecule has 134 valence electrons. The van der Waals surface area contributed by atoms with Gasteiger partial charge in [0.05, 0.1) is 6.54 Å². The maximum absolute atomic E-state index is 12.1. The molecule has 0 saturated carbocycles. The smallest absolute Gasteiger partial charge is 0.414 e. The van der Waals surface area contributed by atoms with Gasteiger partial charge >= 0.3 is 12.1 Å². The average Bonchev–Trinajstić information content (AvgIpc) is 2.84. The normalized spacial score (nSPS) is 19.7. The number of fused-ring (bicyclic) bond motifs is 1. The van der Waals surface area contributed by atoms with Crippen molar-refractivity contribution in [1.82, 2.24) is 0 Å². The van der Waals surface area contributed by atoms with Crippen LogP contribution in [-0.2, 0) is 25.5 Å². The third kappa shape index (κ3) is 4.10. The van der Waals surface area contributed by atoms with Crippen molar-refractivity contribution in [3.05, 3.63) is 23.8 Å². The van der Waals surface area contributed by atoms with Crippen molar-refractivity contribution >= 4 is 29.3 Å². The molecule has 1 atom stereocenters. The number of carbonyl (C=O) groups is 3. The Kier molecular flexibility index (Phi) is 5.21. The second-order valence-electron chi connectivity index (χ2n) is 6.29. The van der Waals surface area contributed by atoms with E-state index in [9.17, 15) is 14.4 Å². The Hall–Kier alpha value is -2.57. The lowest BCUT2D eigenvalue weighted by Crippen LogP contribution is -2.26. The zero-order valence-electron chi connectivity index (χ0n) is 14.2. The third-order valence-electron chi connectivity index (χ3n) is 4.28. The van der Waals surface area contributed by atoms with Gasteiger partial charge in [-0.15, -0.1) is 0 Å². The highest BCUT2D eigenvalue weighted by molar-refractivity contribution is 5.94. The van der Waals surface area contributed by atoms with Crippen molar-refractivity contribution in [1.29, 1.82) is 0 Å². The molecule has 2 aliphatic rings. The molecular formula is C18H22N2O5. The van der Waals surface area contributed by atoms with Crippen molar-refractivity contribution in [2.45, 2.75) is 45.1 Å². The fraction of sp³-hybridized carbons (Fsp3) is 0.500. The van der Waals surface area contributed by atoms with Gasteiger partial charge < -0.3 is 14.8 Å². The Labute approximate surface area is 146 Å². The fourth-order valence-corrected chi connectivity index (χ4v) is 3.01. The van der Waals surface area contributed by atoms with Gasteiger partial charge in [0, 0.05) is 24.2 Å². The van der Waals surface area contributed by atoms with Crippen LogP contribution >= 0.6 is 0 Å². The predicted octanol–water partition coefficient (Wildman–Crippen LogP) is 2.63. The second-order valence-corrected chi connectivity index (χ2v) is 6.29. The molecule has 0 aromatic heterocycles. The van der Waals surface area contributed by atoms with Gasteiger partial charge in [0.1, 0.15) is 6.61 Å². The molecule has 2 aliphatic heterocycles. The second kappa shape index (κ2) is 7.55. The molecule has 2 amide bonds. The molecule has 0 unspecified atom stereocenters. The molecular weight excluding hydrogens is 324 g/mol. The van der Waals surface area contributed by atoms with E-state index in [-0.39, 0.29) is 18.5 Å². The molecule has 7 nitrogen and oxygen atoms in total. The molecule has 0 radical (unpaired) electrons. The summed E-state index contributed by atoms with van der Waals surface area (Å²) in [6.45, 7) is 2.31. The van der Waals surface area contributed by atoms with Gasteiger partial charge in [-0.05, 0) is 43.0 Å². The van der Waals surface area contributed by atoms with Crippen molar-refractivity contribution in [3.8, 4) is 0 Å². The maximum Gasteiger partial charge on any atom is 0.414 e. The van der Waals surface area contributed by atoms with Crippen LogP contribution in [0, 0.1) is 0 Å². The minimum absolute atomic E-state index is 0.0149. The van der Waals surface area contributed by atoms with Crippen LogP contribution in [0.4, 0.5) is 16.2 Å². The average molecular weight is 346 g/mol. The third-order valence-corrected chi connectivity index (χ3v) is 4.28. The molecule has 0 bridgehead atoms. The summed E-state index contributed by atoms with van der Waals surface area (Å²) in [7, 11) is 0. The molecule has 1 saturated heterocycles. The molecule has 3 rings (SSSR count). The Morgan fingerprint density at radius 2 is 2.20 bits per heavy atom. The summed E-state index contributed by atoms with van der Waals surface area (Å²) in [6, 6.07) is 5.51. The van der Waals surface area contributed by atoms with E-state index in [4.69, 9.17) is 9.47 Å². The van der Waals surface area contributed by atoms with Crippen molar-refractivity contribution in [2.24, 2.45) is 0 Å². The van der Waals surface area contributed by atoms with E-state index in [0.717, 1.165) is 36.2 Å². The molecule has 1 N–H and O–H groups in total. The first-order valence-electron chi connectivity index (χ1n) is 8.63. The number of cyclic esters (lactones) is 1. The van der Waals surface area contributed by atoms with E-state index in [0.29, 0.717) is 19.4 Å². The van der Waals surface area contributed by atoms with Crippen molar-refractivity contribution in [2.75, 3.05) is 23.4 Å². The van der Waals surface area contributed by atoms with E-state index in [2.05, 4.69) is 5.32 Å². The summed E-state index contributed by atoms with van der Waals surface area (Å²) >= 11 is 0. The lowest BCUT2D eigenvalue weighted by Gasteiger charge is -2.16. The van der Waals surface area contributed by atoms with E-state index >= 15 is 0 Å². The van der Waals surface area contributed by atoms with Crippen LogP contribution < -0.4 is 10.2 Å². The van der Waals surface area contributed by atoms with Gasteiger partial charge in [0.2, 0.25) is 5.91 Å². The highest BCUT2D eigenvalue weighted by Gasteiger charge is 2.33. The van der Waals surface area contributed by atoms with Crippen molar-refractivity contribution in [3.63, 3.8) is 0 Å². The maximum atomic E-state index is 12.1. The first-order valence-corrected chi connectivity index (χ1v) is 8.63. The van der Waals surface area contributed by atoms with Crippen LogP contribution in [0.3, 0.4) is 0 Å². The number of nitrogens with zero attached hydrogens (tertiary/aromatic N) is 1. The summed E-state index contributed by atoms with van der Waals surface area (Å²) < 4.78 is 10.4. The number of esters is 1. The Morgan fingerprint density at radius 1 is 1.36 bits per heavy atom. The SMILES string of the molecule is CCCC(=O)OC[C@H]1CN(c2ccc3c(c2)CCCC(=O)N3)C(=O)O1. The number of benzene rings is 1. The number of nitrogens with one attached hydrogen (secondary N) is 1. The quantitative estimate of drug-likeness (QED) is 0.829. The monoisotopic (exact) mass is 346 g/mol. The summed E-state index contributed by atoms with van der Waals surface area (Å²) in [5, 5.41) is 2.87. The van der Waals surface area contributed by atoms with E-state index < -0.39 is 12.2 Å². The number of carbonyl (C=O) groups excluding carboxylic acids is 3. The zero-order valence-corrected chi connectivity index (χ0v) is 14.2. The lowest BCUT2D eigenvalue weighted by molar-refractivity contribution is -0.146. The molecule has 1 fully saturated rings. The van der Waals surface area contributed by atoms with Gasteiger partial charge in [-0.3, -0.25) is 14.5 Å². The first-order chi connectivity index (χ1) is 12.1. The number of rotatable bonds is 5. The van der Waals surface area contributed by atoms with Gasteiger partial charge in [-0.2, -0.15) is 0 Å². The summed E-state index contributed by atoms with van der Waals surface area (Å²) in [6.07, 6.45) is 2.23. The number of ether oxygens (including phenoxy) is 2. The van der Waals surface area contributed by atoms with Crippen molar-refractivity contribution < 1.29 is 23.9 Å².